The minimum atomic E-state index is 1.30. The molecule has 0 saturated heterocycles. The molecule has 0 bridgehead atoms. The second kappa shape index (κ2) is 4.44. The van der Waals surface area contributed by atoms with Gasteiger partial charge in [0.1, 0.15) is 0 Å². The first-order valence-electron chi connectivity index (χ1n) is 4.90. The van der Waals surface area contributed by atoms with E-state index in [9.17, 15) is 0 Å². The fraction of sp³-hybridized carbons (Fsp3) is 0. The molecule has 0 spiro atoms. The summed E-state index contributed by atoms with van der Waals surface area (Å²) in [5.74, 6) is 0. The summed E-state index contributed by atoms with van der Waals surface area (Å²) in [6.07, 6.45) is 0. The Hall–Kier alpha value is -0.365. The molecular weight excluding hydrogens is 158 g/mol. The Balaban J connectivity index is 2.58. The maximum absolute atomic E-state index is 2.18. The van der Waals surface area contributed by atoms with Crippen LogP contribution in [0.3, 0.4) is 0 Å². The van der Waals surface area contributed by atoms with E-state index in [2.05, 4.69) is 84.0 Å². The van der Waals surface area contributed by atoms with Crippen LogP contribution in [0.5, 0.6) is 0 Å². The summed E-state index contributed by atoms with van der Waals surface area (Å²) < 4.78 is 2.73. The van der Waals surface area contributed by atoms with Crippen molar-refractivity contribution in [2.75, 3.05) is 0 Å². The van der Waals surface area contributed by atoms with Crippen molar-refractivity contribution >= 4 is 43.9 Å². The van der Waals surface area contributed by atoms with E-state index in [1.807, 2.05) is 0 Å². The van der Waals surface area contributed by atoms with Gasteiger partial charge in [-0.25, -0.2) is 0 Å². The molecular formula is C12H8Li2. The van der Waals surface area contributed by atoms with E-state index >= 15 is 0 Å². The molecule has 0 aliphatic heterocycles. The molecule has 14 heavy (non-hydrogen) atoms. The summed E-state index contributed by atoms with van der Waals surface area (Å²) in [4.78, 5) is 0. The zero-order valence-electron chi connectivity index (χ0n) is 8.62. The minimum absolute atomic E-state index is 1.30. The van der Waals surface area contributed by atoms with Gasteiger partial charge in [-0.05, 0) is 0 Å². The van der Waals surface area contributed by atoms with Gasteiger partial charge in [0.15, 0.2) is 0 Å². The molecule has 2 rings (SSSR count). The van der Waals surface area contributed by atoms with Gasteiger partial charge in [0.25, 0.3) is 0 Å². The molecule has 0 fully saturated rings. The molecule has 2 aromatic carbocycles. The van der Waals surface area contributed by atoms with Crippen LogP contribution in [-0.4, -0.2) is 35.4 Å². The topological polar surface area (TPSA) is 0 Å². The summed E-state index contributed by atoms with van der Waals surface area (Å²) in [6.45, 7) is 0. The Morgan fingerprint density at radius 1 is 0.714 bits per heavy atom. The number of hydrogen-bond donors (Lipinski definition) is 0. The Kier molecular flexibility index (Phi) is 3.22. The monoisotopic (exact) mass is 166 g/mol. The molecule has 0 aliphatic rings. The average molecular weight is 166 g/mol. The van der Waals surface area contributed by atoms with Crippen LogP contribution in [0.25, 0.3) is 11.1 Å². The molecule has 0 radical (unpaired) electrons. The van der Waals surface area contributed by atoms with Gasteiger partial charge in [0.2, 0.25) is 0 Å². The predicted molar refractivity (Wildman–Crippen MR) is 62.7 cm³/mol. The van der Waals surface area contributed by atoms with E-state index in [1.165, 1.54) is 19.6 Å². The van der Waals surface area contributed by atoms with Gasteiger partial charge in [-0.15, -0.1) is 0 Å². The van der Waals surface area contributed by atoms with Crippen LogP contribution < -0.4 is 8.47 Å². The quantitative estimate of drug-likeness (QED) is 0.553. The first kappa shape index (κ1) is 10.2. The standard InChI is InChI=1S/C12H8.2Li/c1-3-7-11(8-4-1)12-9-5-2-6-10-12;;/h1-5,7-9H;;. The van der Waals surface area contributed by atoms with Crippen molar-refractivity contribution in [2.24, 2.45) is 0 Å². The average Bonchev–Trinajstić information content (AvgIpc) is 2.23. The number of rotatable bonds is 1. The molecule has 2 aromatic rings. The summed E-state index contributed by atoms with van der Waals surface area (Å²) in [6, 6.07) is 17.0. The third-order valence-corrected chi connectivity index (χ3v) is 2.69. The van der Waals surface area contributed by atoms with E-state index in [0.29, 0.717) is 0 Å². The van der Waals surface area contributed by atoms with E-state index in [1.54, 1.807) is 0 Å². The molecule has 0 unspecified atom stereocenters. The van der Waals surface area contributed by atoms with Gasteiger partial charge >= 0.3 is 104 Å². The van der Waals surface area contributed by atoms with E-state index < -0.39 is 0 Å². The SMILES string of the molecule is [Li][c]1cccc(-c2ccccc2)[c]1[Li]. The molecule has 0 amide bonds. The first-order chi connectivity index (χ1) is 6.79. The molecule has 0 nitrogen and oxygen atoms in total. The van der Waals surface area contributed by atoms with Crippen LogP contribution in [0, 0.1) is 0 Å². The van der Waals surface area contributed by atoms with Gasteiger partial charge < -0.3 is 0 Å². The van der Waals surface area contributed by atoms with Gasteiger partial charge in [-0.1, -0.05) is 0 Å². The van der Waals surface area contributed by atoms with Crippen LogP contribution in [0.4, 0.5) is 0 Å². The Morgan fingerprint density at radius 2 is 1.43 bits per heavy atom. The van der Waals surface area contributed by atoms with Gasteiger partial charge in [0.05, 0.1) is 0 Å². The van der Waals surface area contributed by atoms with Crippen molar-refractivity contribution < 1.29 is 0 Å². The molecule has 2 heteroatoms. The van der Waals surface area contributed by atoms with Crippen LogP contribution in [0.2, 0.25) is 0 Å². The van der Waals surface area contributed by atoms with Crippen LogP contribution in [-0.2, 0) is 0 Å². The summed E-state index contributed by atoms with van der Waals surface area (Å²) >= 11 is 4.33. The molecule has 0 aliphatic carbocycles. The maximum atomic E-state index is 2.18. The molecule has 0 aromatic heterocycles. The zero-order chi connectivity index (χ0) is 9.97. The van der Waals surface area contributed by atoms with Gasteiger partial charge in [-0.2, -0.15) is 0 Å². The first-order valence-corrected chi connectivity index (χ1v) is 4.90. The third kappa shape index (κ3) is 2.00. The molecule has 58 valence electrons. The van der Waals surface area contributed by atoms with Crippen molar-refractivity contribution in [2.45, 2.75) is 0 Å². The second-order valence-corrected chi connectivity index (χ2v) is 3.61. The number of hydrogen-bond acceptors (Lipinski definition) is 0. The van der Waals surface area contributed by atoms with Crippen LogP contribution in [0.15, 0.2) is 48.5 Å². The molecule has 0 heterocycles. The normalized spacial score (nSPS) is 10.3. The van der Waals surface area contributed by atoms with E-state index in [0.717, 1.165) is 0 Å². The van der Waals surface area contributed by atoms with Gasteiger partial charge in [0, 0.05) is 0 Å². The van der Waals surface area contributed by atoms with Crippen molar-refractivity contribution in [1.82, 2.24) is 0 Å². The summed E-state index contributed by atoms with van der Waals surface area (Å²) in [5, 5.41) is 0. The van der Waals surface area contributed by atoms with E-state index in [-0.39, 0.29) is 0 Å². The van der Waals surface area contributed by atoms with Crippen molar-refractivity contribution in [1.29, 1.82) is 0 Å². The van der Waals surface area contributed by atoms with Crippen molar-refractivity contribution in [3.8, 4) is 11.1 Å². The van der Waals surface area contributed by atoms with Crippen LogP contribution >= 0.6 is 0 Å². The predicted octanol–water partition coefficient (Wildman–Crippen LogP) is 0.941. The fourth-order valence-electron chi connectivity index (χ4n) is 1.68. The number of benzene rings is 2. The van der Waals surface area contributed by atoms with Crippen molar-refractivity contribution in [3.05, 3.63) is 48.5 Å². The second-order valence-electron chi connectivity index (χ2n) is 3.61. The van der Waals surface area contributed by atoms with Crippen LogP contribution in [0.1, 0.15) is 0 Å². The molecule has 0 atom stereocenters. The molecule has 0 saturated carbocycles. The van der Waals surface area contributed by atoms with Gasteiger partial charge in [-0.3, -0.25) is 0 Å². The third-order valence-electron chi connectivity index (χ3n) is 2.69. The molecule has 0 N–H and O–H groups in total. The summed E-state index contributed by atoms with van der Waals surface area (Å²) in [5.41, 5.74) is 2.64. The Morgan fingerprint density at radius 3 is 2.14 bits per heavy atom. The van der Waals surface area contributed by atoms with Crippen molar-refractivity contribution in [3.63, 3.8) is 0 Å². The zero-order valence-corrected chi connectivity index (χ0v) is 8.62. The van der Waals surface area contributed by atoms with E-state index in [4.69, 9.17) is 0 Å². The Labute approximate surface area is 103 Å². The fourth-order valence-corrected chi connectivity index (χ4v) is 1.68. The Bertz CT molecular complexity index is 435. The summed E-state index contributed by atoms with van der Waals surface area (Å²) in [7, 11) is 0.